The summed E-state index contributed by atoms with van der Waals surface area (Å²) in [7, 11) is 0. The van der Waals surface area contributed by atoms with Crippen LogP contribution in [-0.2, 0) is 18.4 Å². The van der Waals surface area contributed by atoms with Gasteiger partial charge in [-0.05, 0) is 43.2 Å². The molecule has 0 bridgehead atoms. The molecule has 1 amide bonds. The molecule has 1 aromatic carbocycles. The first-order valence-corrected chi connectivity index (χ1v) is 8.12. The third-order valence-corrected chi connectivity index (χ3v) is 5.35. The highest BCUT2D eigenvalue weighted by Gasteiger charge is 2.57. The smallest absolute Gasteiger partial charge is 0.254 e. The molecule has 114 valence electrons. The van der Waals surface area contributed by atoms with E-state index in [0.29, 0.717) is 16.9 Å². The number of nitrogens with one attached hydrogen (secondary N) is 1. The van der Waals surface area contributed by atoms with Gasteiger partial charge in [-0.3, -0.25) is 9.48 Å². The quantitative estimate of drug-likeness (QED) is 0.942. The zero-order chi connectivity index (χ0) is 15.2. The lowest BCUT2D eigenvalue weighted by atomic mass is 9.95. The maximum atomic E-state index is 12.2. The van der Waals surface area contributed by atoms with Gasteiger partial charge < -0.3 is 5.32 Å². The fourth-order valence-electron chi connectivity index (χ4n) is 3.97. The minimum absolute atomic E-state index is 0.00645. The van der Waals surface area contributed by atoms with Crippen molar-refractivity contribution in [2.24, 2.45) is 5.92 Å². The fourth-order valence-corrected chi connectivity index (χ4v) is 3.97. The number of rotatable bonds is 4. The second-order valence-corrected chi connectivity index (χ2v) is 6.51. The number of hydrogen-bond acceptors (Lipinski definition) is 2. The third-order valence-electron chi connectivity index (χ3n) is 5.35. The molecule has 4 nitrogen and oxygen atoms in total. The summed E-state index contributed by atoms with van der Waals surface area (Å²) in [6, 6.07) is 8.79. The van der Waals surface area contributed by atoms with E-state index >= 15 is 0 Å². The van der Waals surface area contributed by atoms with Crippen LogP contribution in [0.2, 0.25) is 0 Å². The Morgan fingerprint density at radius 3 is 3.14 bits per heavy atom. The minimum Gasteiger partial charge on any atom is -0.352 e. The largest absolute Gasteiger partial charge is 0.352 e. The molecule has 1 fully saturated rings. The number of aryl methyl sites for hydroxylation is 2. The zero-order valence-corrected chi connectivity index (χ0v) is 12.9. The molecule has 22 heavy (non-hydrogen) atoms. The second-order valence-electron chi connectivity index (χ2n) is 6.51. The van der Waals surface area contributed by atoms with E-state index in [-0.39, 0.29) is 5.91 Å². The van der Waals surface area contributed by atoms with Gasteiger partial charge in [-0.1, -0.05) is 24.3 Å². The van der Waals surface area contributed by atoms with E-state index in [1.807, 2.05) is 13.1 Å². The van der Waals surface area contributed by atoms with E-state index in [1.54, 1.807) is 10.9 Å². The second kappa shape index (κ2) is 4.97. The highest BCUT2D eigenvalue weighted by Crippen LogP contribution is 2.61. The topological polar surface area (TPSA) is 46.9 Å². The number of benzene rings is 1. The van der Waals surface area contributed by atoms with Gasteiger partial charge in [0.1, 0.15) is 0 Å². The van der Waals surface area contributed by atoms with Crippen molar-refractivity contribution in [3.8, 4) is 0 Å². The van der Waals surface area contributed by atoms with E-state index in [1.165, 1.54) is 30.4 Å². The molecule has 1 saturated carbocycles. The monoisotopic (exact) mass is 295 g/mol. The summed E-state index contributed by atoms with van der Waals surface area (Å²) >= 11 is 0. The van der Waals surface area contributed by atoms with Crippen molar-refractivity contribution in [3.63, 3.8) is 0 Å². The fraction of sp³-hybridized carbons (Fsp3) is 0.444. The van der Waals surface area contributed by atoms with E-state index in [4.69, 9.17) is 0 Å². The lowest BCUT2D eigenvalue weighted by molar-refractivity contribution is 0.0951. The molecule has 1 N–H and O–H groups in total. The highest BCUT2D eigenvalue weighted by atomic mass is 16.1. The van der Waals surface area contributed by atoms with Gasteiger partial charge in [-0.25, -0.2) is 0 Å². The van der Waals surface area contributed by atoms with Crippen LogP contribution in [0.1, 0.15) is 41.3 Å². The Morgan fingerprint density at radius 1 is 1.45 bits per heavy atom. The summed E-state index contributed by atoms with van der Waals surface area (Å²) < 4.78 is 1.78. The van der Waals surface area contributed by atoms with E-state index in [0.717, 1.165) is 13.1 Å². The Hall–Kier alpha value is -2.10. The number of aromatic nitrogens is 2. The van der Waals surface area contributed by atoms with Crippen LogP contribution in [0.4, 0.5) is 0 Å². The standard InChI is InChI=1S/C18H21N3O/c1-2-21-12-14(10-20-21)17(22)19-11-15-9-18(15)8-7-13-5-3-4-6-16(13)18/h3-6,10,12,15H,2,7-9,11H2,1H3,(H,19,22)/t15-,18-/m1/s1. The first-order chi connectivity index (χ1) is 10.7. The lowest BCUT2D eigenvalue weighted by Crippen LogP contribution is -2.27. The zero-order valence-electron chi connectivity index (χ0n) is 12.9. The minimum atomic E-state index is -0.00645. The molecule has 2 atom stereocenters. The van der Waals surface area contributed by atoms with Crippen LogP contribution >= 0.6 is 0 Å². The molecule has 1 aromatic heterocycles. The summed E-state index contributed by atoms with van der Waals surface area (Å²) in [5.41, 5.74) is 4.02. The number of carbonyl (C=O) groups excluding carboxylic acids is 1. The summed E-state index contributed by atoms with van der Waals surface area (Å²) in [4.78, 5) is 12.2. The Balaban J connectivity index is 1.39. The molecule has 0 unspecified atom stereocenters. The highest BCUT2D eigenvalue weighted by molar-refractivity contribution is 5.93. The Kier molecular flexibility index (Phi) is 3.06. The molecule has 2 aromatic rings. The average molecular weight is 295 g/mol. The predicted octanol–water partition coefficient (Wildman–Crippen LogP) is 2.54. The summed E-state index contributed by atoms with van der Waals surface area (Å²) in [5.74, 6) is 0.578. The van der Waals surface area contributed by atoms with Gasteiger partial charge in [-0.2, -0.15) is 5.10 Å². The first kappa shape index (κ1) is 13.6. The number of hydrogen-bond donors (Lipinski definition) is 1. The third kappa shape index (κ3) is 2.05. The molecule has 1 heterocycles. The van der Waals surface area contributed by atoms with Crippen LogP contribution in [-0.4, -0.2) is 22.2 Å². The Bertz CT molecular complexity index is 721. The van der Waals surface area contributed by atoms with Crippen LogP contribution in [0.15, 0.2) is 36.7 Å². The SMILES string of the molecule is CCn1cc(C(=O)NC[C@H]2C[C@]23CCc2ccccc23)cn1. The molecular formula is C18H21N3O. The van der Waals surface area contributed by atoms with Crippen molar-refractivity contribution in [2.45, 2.75) is 38.1 Å². The predicted molar refractivity (Wildman–Crippen MR) is 84.8 cm³/mol. The van der Waals surface area contributed by atoms with Crippen molar-refractivity contribution in [1.82, 2.24) is 15.1 Å². The van der Waals surface area contributed by atoms with Crippen LogP contribution in [0.3, 0.4) is 0 Å². The van der Waals surface area contributed by atoms with Crippen molar-refractivity contribution < 1.29 is 4.79 Å². The summed E-state index contributed by atoms with van der Waals surface area (Å²) in [6.45, 7) is 3.57. The van der Waals surface area contributed by atoms with Crippen molar-refractivity contribution in [1.29, 1.82) is 0 Å². The Labute approximate surface area is 130 Å². The van der Waals surface area contributed by atoms with Crippen LogP contribution in [0.5, 0.6) is 0 Å². The van der Waals surface area contributed by atoms with Gasteiger partial charge in [0.05, 0.1) is 11.8 Å². The van der Waals surface area contributed by atoms with Gasteiger partial charge in [0.15, 0.2) is 0 Å². The molecule has 0 aliphatic heterocycles. The number of amides is 1. The Morgan fingerprint density at radius 2 is 2.32 bits per heavy atom. The number of nitrogens with zero attached hydrogens (tertiary/aromatic N) is 2. The van der Waals surface area contributed by atoms with Crippen molar-refractivity contribution in [2.75, 3.05) is 6.54 Å². The molecule has 1 spiro atoms. The number of fused-ring (bicyclic) bond motifs is 2. The van der Waals surface area contributed by atoms with E-state index in [2.05, 4.69) is 34.7 Å². The van der Waals surface area contributed by atoms with E-state index in [9.17, 15) is 4.79 Å². The normalized spacial score (nSPS) is 25.2. The molecular weight excluding hydrogens is 274 g/mol. The summed E-state index contributed by atoms with van der Waals surface area (Å²) in [5, 5.41) is 7.24. The van der Waals surface area contributed by atoms with Crippen LogP contribution in [0, 0.1) is 5.92 Å². The molecule has 2 aliphatic rings. The van der Waals surface area contributed by atoms with Gasteiger partial charge in [0, 0.05) is 24.7 Å². The van der Waals surface area contributed by atoms with Crippen LogP contribution in [0.25, 0.3) is 0 Å². The van der Waals surface area contributed by atoms with Gasteiger partial charge in [0.2, 0.25) is 0 Å². The van der Waals surface area contributed by atoms with Crippen molar-refractivity contribution >= 4 is 5.91 Å². The number of carbonyl (C=O) groups is 1. The average Bonchev–Trinajstić information content (AvgIpc) is 2.89. The lowest BCUT2D eigenvalue weighted by Gasteiger charge is -2.12. The summed E-state index contributed by atoms with van der Waals surface area (Å²) in [6.07, 6.45) is 7.08. The molecule has 2 aliphatic carbocycles. The maximum absolute atomic E-state index is 12.2. The first-order valence-electron chi connectivity index (χ1n) is 8.12. The molecule has 4 rings (SSSR count). The van der Waals surface area contributed by atoms with Gasteiger partial charge >= 0.3 is 0 Å². The van der Waals surface area contributed by atoms with Crippen LogP contribution < -0.4 is 5.32 Å². The van der Waals surface area contributed by atoms with Crippen molar-refractivity contribution in [3.05, 3.63) is 53.3 Å². The molecule has 0 radical (unpaired) electrons. The maximum Gasteiger partial charge on any atom is 0.254 e. The molecule has 0 saturated heterocycles. The van der Waals surface area contributed by atoms with Gasteiger partial charge in [0.25, 0.3) is 5.91 Å². The molecule has 4 heteroatoms. The van der Waals surface area contributed by atoms with E-state index < -0.39 is 0 Å². The van der Waals surface area contributed by atoms with Gasteiger partial charge in [-0.15, -0.1) is 0 Å².